The third-order valence-electron chi connectivity index (χ3n) is 3.41. The molecule has 0 bridgehead atoms. The number of hydrogen-bond acceptors (Lipinski definition) is 3. The Labute approximate surface area is 160 Å². The molecule has 0 saturated carbocycles. The van der Waals surface area contributed by atoms with Gasteiger partial charge in [-0.2, -0.15) is 0 Å². The molecule has 0 aliphatic heterocycles. The maximum absolute atomic E-state index is 12.5. The van der Waals surface area contributed by atoms with Gasteiger partial charge in [-0.3, -0.25) is 9.59 Å². The van der Waals surface area contributed by atoms with Crippen LogP contribution in [0.15, 0.2) is 71.4 Å². The van der Waals surface area contributed by atoms with E-state index < -0.39 is 5.91 Å². The van der Waals surface area contributed by atoms with Crippen molar-refractivity contribution in [1.82, 2.24) is 10.6 Å². The van der Waals surface area contributed by atoms with Crippen molar-refractivity contribution in [2.45, 2.75) is 0 Å². The summed E-state index contributed by atoms with van der Waals surface area (Å²) in [7, 11) is 1.58. The molecular formula is C20H19BrN2O3. The van der Waals surface area contributed by atoms with Crippen molar-refractivity contribution in [2.75, 3.05) is 13.7 Å². The van der Waals surface area contributed by atoms with Gasteiger partial charge < -0.3 is 15.4 Å². The number of nitrogens with one attached hydrogen (secondary N) is 2. The zero-order chi connectivity index (χ0) is 18.9. The van der Waals surface area contributed by atoms with Crippen molar-refractivity contribution in [3.63, 3.8) is 0 Å². The minimum absolute atomic E-state index is 0.141. The Morgan fingerprint density at radius 2 is 1.92 bits per heavy atom. The number of carbonyl (C=O) groups is 2. The number of carbonyl (C=O) groups excluding carboxylic acids is 2. The van der Waals surface area contributed by atoms with E-state index in [9.17, 15) is 9.59 Å². The van der Waals surface area contributed by atoms with Crippen molar-refractivity contribution in [2.24, 2.45) is 0 Å². The Balaban J connectivity index is 2.27. The van der Waals surface area contributed by atoms with Crippen LogP contribution in [0.2, 0.25) is 0 Å². The largest absolute Gasteiger partial charge is 0.497 e. The fourth-order valence-electron chi connectivity index (χ4n) is 2.11. The molecule has 0 saturated heterocycles. The van der Waals surface area contributed by atoms with Gasteiger partial charge in [-0.25, -0.2) is 0 Å². The first-order valence-corrected chi connectivity index (χ1v) is 8.64. The van der Waals surface area contributed by atoms with Crippen LogP contribution >= 0.6 is 15.9 Å². The highest BCUT2D eigenvalue weighted by Gasteiger charge is 2.14. The number of hydrogen-bond donors (Lipinski definition) is 2. The molecule has 2 aromatic rings. The van der Waals surface area contributed by atoms with E-state index in [0.717, 1.165) is 10.0 Å². The predicted molar refractivity (Wildman–Crippen MR) is 106 cm³/mol. The lowest BCUT2D eigenvalue weighted by atomic mass is 10.1. The summed E-state index contributed by atoms with van der Waals surface area (Å²) < 4.78 is 5.90. The van der Waals surface area contributed by atoms with Crippen LogP contribution < -0.4 is 15.4 Å². The maximum atomic E-state index is 12.5. The van der Waals surface area contributed by atoms with Crippen LogP contribution in [-0.4, -0.2) is 25.5 Å². The van der Waals surface area contributed by atoms with Gasteiger partial charge in [0.25, 0.3) is 11.8 Å². The summed E-state index contributed by atoms with van der Waals surface area (Å²) in [5.74, 6) is -0.0677. The molecule has 0 aliphatic carbocycles. The molecule has 2 aromatic carbocycles. The second kappa shape index (κ2) is 9.58. The van der Waals surface area contributed by atoms with Crippen LogP contribution in [0.3, 0.4) is 0 Å². The van der Waals surface area contributed by atoms with Crippen LogP contribution in [0.25, 0.3) is 6.08 Å². The van der Waals surface area contributed by atoms with Gasteiger partial charge in [-0.1, -0.05) is 40.2 Å². The van der Waals surface area contributed by atoms with Crippen LogP contribution in [0.5, 0.6) is 5.75 Å². The third-order valence-corrected chi connectivity index (χ3v) is 3.91. The second-order valence-electron chi connectivity index (χ2n) is 5.29. The lowest BCUT2D eigenvalue weighted by molar-refractivity contribution is -0.117. The Hall–Kier alpha value is -2.86. The number of benzene rings is 2. The number of halogens is 1. The maximum Gasteiger partial charge on any atom is 0.268 e. The summed E-state index contributed by atoms with van der Waals surface area (Å²) in [6, 6.07) is 14.1. The van der Waals surface area contributed by atoms with Gasteiger partial charge in [0, 0.05) is 16.6 Å². The first-order valence-electron chi connectivity index (χ1n) is 7.85. The van der Waals surface area contributed by atoms with Crippen LogP contribution in [0, 0.1) is 0 Å². The van der Waals surface area contributed by atoms with Crippen molar-refractivity contribution >= 4 is 33.8 Å². The van der Waals surface area contributed by atoms with E-state index in [2.05, 4.69) is 33.1 Å². The number of amides is 2. The van der Waals surface area contributed by atoms with Crippen molar-refractivity contribution in [3.8, 4) is 5.75 Å². The molecule has 0 atom stereocenters. The lowest BCUT2D eigenvalue weighted by Gasteiger charge is -2.11. The fourth-order valence-corrected chi connectivity index (χ4v) is 2.51. The Bertz CT molecular complexity index is 829. The molecule has 0 heterocycles. The number of methoxy groups -OCH3 is 1. The highest BCUT2D eigenvalue weighted by molar-refractivity contribution is 9.10. The second-order valence-corrected chi connectivity index (χ2v) is 6.21. The SMILES string of the molecule is C=CCNC(=O)/C(=C\c1ccc(OC)cc1)NC(=O)c1cccc(Br)c1. The molecule has 0 fully saturated rings. The predicted octanol–water partition coefficient (Wildman–Crippen LogP) is 3.53. The Morgan fingerprint density at radius 3 is 2.54 bits per heavy atom. The van der Waals surface area contributed by atoms with E-state index in [1.54, 1.807) is 61.7 Å². The van der Waals surface area contributed by atoms with Gasteiger partial charge in [0.2, 0.25) is 0 Å². The fraction of sp³-hybridized carbons (Fsp3) is 0.100. The first-order chi connectivity index (χ1) is 12.5. The number of rotatable bonds is 7. The van der Waals surface area contributed by atoms with E-state index in [1.807, 2.05) is 6.07 Å². The summed E-state index contributed by atoms with van der Waals surface area (Å²) >= 11 is 3.33. The quantitative estimate of drug-likeness (QED) is 0.537. The van der Waals surface area contributed by atoms with Crippen molar-refractivity contribution in [1.29, 1.82) is 0 Å². The van der Waals surface area contributed by atoms with E-state index in [1.165, 1.54) is 0 Å². The average molecular weight is 415 g/mol. The standard InChI is InChI=1S/C20H19BrN2O3/c1-3-11-22-20(25)18(12-14-7-9-17(26-2)10-8-14)23-19(24)15-5-4-6-16(21)13-15/h3-10,12-13H,1,11H2,2H3,(H,22,25)(H,23,24)/b18-12+. The highest BCUT2D eigenvalue weighted by atomic mass is 79.9. The molecule has 0 aromatic heterocycles. The van der Waals surface area contributed by atoms with Crippen molar-refractivity contribution < 1.29 is 14.3 Å². The molecule has 2 rings (SSSR count). The lowest BCUT2D eigenvalue weighted by Crippen LogP contribution is -2.34. The summed E-state index contributed by atoms with van der Waals surface area (Å²) in [5.41, 5.74) is 1.34. The van der Waals surface area contributed by atoms with E-state index >= 15 is 0 Å². The zero-order valence-electron chi connectivity index (χ0n) is 14.3. The summed E-state index contributed by atoms with van der Waals surface area (Å²) in [6.07, 6.45) is 3.17. The minimum Gasteiger partial charge on any atom is -0.497 e. The number of ether oxygens (including phenoxy) is 1. The molecule has 134 valence electrons. The molecule has 0 radical (unpaired) electrons. The van der Waals surface area contributed by atoms with E-state index in [-0.39, 0.29) is 11.6 Å². The van der Waals surface area contributed by atoms with Gasteiger partial charge in [0.05, 0.1) is 7.11 Å². The smallest absolute Gasteiger partial charge is 0.268 e. The van der Waals surface area contributed by atoms with E-state index in [4.69, 9.17) is 4.74 Å². The van der Waals surface area contributed by atoms with Crippen LogP contribution in [-0.2, 0) is 4.79 Å². The summed E-state index contributed by atoms with van der Waals surface area (Å²) in [4.78, 5) is 24.9. The molecule has 6 heteroatoms. The van der Waals surface area contributed by atoms with Gasteiger partial charge in [-0.05, 0) is 42.0 Å². The van der Waals surface area contributed by atoms with E-state index in [0.29, 0.717) is 17.9 Å². The van der Waals surface area contributed by atoms with Crippen LogP contribution in [0.4, 0.5) is 0 Å². The van der Waals surface area contributed by atoms with Gasteiger partial charge >= 0.3 is 0 Å². The molecule has 0 aliphatic rings. The Morgan fingerprint density at radius 1 is 1.19 bits per heavy atom. The molecule has 2 N–H and O–H groups in total. The normalized spacial score (nSPS) is 10.8. The van der Waals surface area contributed by atoms with Gasteiger partial charge in [-0.15, -0.1) is 6.58 Å². The third kappa shape index (κ3) is 5.60. The van der Waals surface area contributed by atoms with Gasteiger partial charge in [0.1, 0.15) is 11.4 Å². The molecule has 0 spiro atoms. The van der Waals surface area contributed by atoms with Crippen LogP contribution in [0.1, 0.15) is 15.9 Å². The van der Waals surface area contributed by atoms with Crippen molar-refractivity contribution in [3.05, 3.63) is 82.5 Å². The topological polar surface area (TPSA) is 67.4 Å². The minimum atomic E-state index is -0.399. The molecule has 26 heavy (non-hydrogen) atoms. The molecular weight excluding hydrogens is 396 g/mol. The molecule has 2 amide bonds. The highest BCUT2D eigenvalue weighted by Crippen LogP contribution is 2.15. The monoisotopic (exact) mass is 414 g/mol. The molecule has 5 nitrogen and oxygen atoms in total. The average Bonchev–Trinajstić information content (AvgIpc) is 2.66. The zero-order valence-corrected chi connectivity index (χ0v) is 15.9. The summed E-state index contributed by atoms with van der Waals surface area (Å²) in [5, 5.41) is 5.34. The Kier molecular flexibility index (Phi) is 7.17. The molecule has 0 unspecified atom stereocenters. The summed E-state index contributed by atoms with van der Waals surface area (Å²) in [6.45, 7) is 3.87. The first kappa shape index (κ1) is 19.5. The van der Waals surface area contributed by atoms with Gasteiger partial charge in [0.15, 0.2) is 0 Å².